The van der Waals surface area contributed by atoms with Crippen molar-refractivity contribution in [2.75, 3.05) is 11.5 Å². The molecule has 16 heavy (non-hydrogen) atoms. The van der Waals surface area contributed by atoms with Crippen molar-refractivity contribution in [2.45, 2.75) is 24.2 Å². The van der Waals surface area contributed by atoms with Crippen LogP contribution in [0.25, 0.3) is 0 Å². The molecule has 0 aliphatic carbocycles. The number of nitrogen functional groups attached to an aromatic ring is 1. The summed E-state index contributed by atoms with van der Waals surface area (Å²) >= 11 is 0. The number of unbranched alkanes of at least 4 members (excludes halogenated alkanes) is 2. The van der Waals surface area contributed by atoms with E-state index in [0.717, 1.165) is 0 Å². The summed E-state index contributed by atoms with van der Waals surface area (Å²) in [5, 5.41) is 8.33. The van der Waals surface area contributed by atoms with E-state index in [2.05, 4.69) is 0 Å². The molecule has 0 spiro atoms. The molecule has 86 valence electrons. The largest absolute Gasteiger partial charge is 0.399 e. The molecule has 0 bridgehead atoms. The molecule has 5 heteroatoms. The summed E-state index contributed by atoms with van der Waals surface area (Å²) in [5.74, 6) is 0.0819. The minimum atomic E-state index is -3.22. The molecule has 1 aromatic rings. The first-order chi connectivity index (χ1) is 7.56. The molecular weight excluding hydrogens is 224 g/mol. The van der Waals surface area contributed by atoms with Crippen molar-refractivity contribution in [3.8, 4) is 6.07 Å². The van der Waals surface area contributed by atoms with Crippen LogP contribution in [0, 0.1) is 11.3 Å². The highest BCUT2D eigenvalue weighted by atomic mass is 32.2. The highest BCUT2D eigenvalue weighted by molar-refractivity contribution is 7.91. The lowest BCUT2D eigenvalue weighted by Crippen LogP contribution is -2.06. The Morgan fingerprint density at radius 3 is 2.38 bits per heavy atom. The van der Waals surface area contributed by atoms with Gasteiger partial charge in [0.1, 0.15) is 0 Å². The predicted molar refractivity (Wildman–Crippen MR) is 62.4 cm³/mol. The number of hydrogen-bond acceptors (Lipinski definition) is 4. The van der Waals surface area contributed by atoms with Gasteiger partial charge < -0.3 is 5.73 Å². The number of nitrogens with zero attached hydrogens (tertiary/aromatic N) is 1. The summed E-state index contributed by atoms with van der Waals surface area (Å²) in [4.78, 5) is 0.290. The Bertz CT molecular complexity index is 472. The minimum absolute atomic E-state index is 0.0819. The van der Waals surface area contributed by atoms with Gasteiger partial charge in [-0.2, -0.15) is 5.26 Å². The topological polar surface area (TPSA) is 84.0 Å². The van der Waals surface area contributed by atoms with Gasteiger partial charge in [-0.05, 0) is 37.1 Å². The molecule has 0 aromatic heterocycles. The van der Waals surface area contributed by atoms with E-state index in [4.69, 9.17) is 11.0 Å². The predicted octanol–water partition coefficient (Wildman–Crippen LogP) is 1.74. The first-order valence-electron chi connectivity index (χ1n) is 5.01. The van der Waals surface area contributed by atoms with Gasteiger partial charge in [0.15, 0.2) is 9.84 Å². The fourth-order valence-electron chi connectivity index (χ4n) is 1.29. The third-order valence-corrected chi connectivity index (χ3v) is 4.01. The molecule has 2 N–H and O–H groups in total. The van der Waals surface area contributed by atoms with E-state index >= 15 is 0 Å². The monoisotopic (exact) mass is 238 g/mol. The lowest BCUT2D eigenvalue weighted by atomic mass is 10.3. The number of benzene rings is 1. The Hall–Kier alpha value is -1.54. The van der Waals surface area contributed by atoms with E-state index in [-0.39, 0.29) is 5.75 Å². The smallest absolute Gasteiger partial charge is 0.178 e. The highest BCUT2D eigenvalue weighted by Gasteiger charge is 2.13. The number of anilines is 1. The molecule has 0 heterocycles. The molecule has 0 fully saturated rings. The van der Waals surface area contributed by atoms with Gasteiger partial charge in [0.2, 0.25) is 0 Å². The normalized spacial score (nSPS) is 10.9. The van der Waals surface area contributed by atoms with Crippen LogP contribution < -0.4 is 5.73 Å². The molecule has 1 aromatic carbocycles. The van der Waals surface area contributed by atoms with E-state index in [9.17, 15) is 8.42 Å². The van der Waals surface area contributed by atoms with Crippen molar-refractivity contribution in [1.82, 2.24) is 0 Å². The Labute approximate surface area is 95.6 Å². The molecule has 1 rings (SSSR count). The zero-order valence-electron chi connectivity index (χ0n) is 8.89. The van der Waals surface area contributed by atoms with Crippen molar-refractivity contribution < 1.29 is 8.42 Å². The maximum Gasteiger partial charge on any atom is 0.178 e. The molecular formula is C11H14N2O2S. The van der Waals surface area contributed by atoms with Crippen molar-refractivity contribution >= 4 is 15.5 Å². The van der Waals surface area contributed by atoms with Crippen LogP contribution in [0.4, 0.5) is 5.69 Å². The van der Waals surface area contributed by atoms with Crippen LogP contribution in [0.5, 0.6) is 0 Å². The maximum atomic E-state index is 11.8. The Kier molecular flexibility index (Phi) is 4.32. The summed E-state index contributed by atoms with van der Waals surface area (Å²) in [6, 6.07) is 8.15. The van der Waals surface area contributed by atoms with Crippen molar-refractivity contribution in [3.63, 3.8) is 0 Å². The number of nitrogens with two attached hydrogens (primary N) is 1. The summed E-state index contributed by atoms with van der Waals surface area (Å²) in [6.45, 7) is 0. The summed E-state index contributed by atoms with van der Waals surface area (Å²) in [6.07, 6.45) is 1.53. The SMILES string of the molecule is N#CCCCCS(=O)(=O)c1ccc(N)cc1. The molecule has 4 nitrogen and oxygen atoms in total. The van der Waals surface area contributed by atoms with E-state index in [0.29, 0.717) is 29.8 Å². The summed E-state index contributed by atoms with van der Waals surface area (Å²) < 4.78 is 23.6. The highest BCUT2D eigenvalue weighted by Crippen LogP contribution is 2.14. The number of nitriles is 1. The second kappa shape index (κ2) is 5.52. The van der Waals surface area contributed by atoms with E-state index in [1.54, 1.807) is 12.1 Å². The number of sulfone groups is 1. The fraction of sp³-hybridized carbons (Fsp3) is 0.364. The Morgan fingerprint density at radius 1 is 1.19 bits per heavy atom. The molecule has 0 radical (unpaired) electrons. The average Bonchev–Trinajstić information content (AvgIpc) is 2.25. The van der Waals surface area contributed by atoms with E-state index in [1.807, 2.05) is 6.07 Å². The zero-order valence-corrected chi connectivity index (χ0v) is 9.70. The second-order valence-electron chi connectivity index (χ2n) is 3.50. The molecule has 0 aliphatic rings. The van der Waals surface area contributed by atoms with Gasteiger partial charge in [-0.15, -0.1) is 0 Å². The first kappa shape index (κ1) is 12.5. The molecule has 0 saturated heterocycles. The van der Waals surface area contributed by atoms with Crippen LogP contribution >= 0.6 is 0 Å². The van der Waals surface area contributed by atoms with Crippen LogP contribution in [-0.2, 0) is 9.84 Å². The fourth-order valence-corrected chi connectivity index (χ4v) is 2.66. The van der Waals surface area contributed by atoms with Crippen LogP contribution in [0.2, 0.25) is 0 Å². The lowest BCUT2D eigenvalue weighted by molar-refractivity contribution is 0.592. The van der Waals surface area contributed by atoms with Gasteiger partial charge in [0.05, 0.1) is 16.7 Å². The standard InChI is InChI=1S/C11H14N2O2S/c12-8-2-1-3-9-16(14,15)11-6-4-10(13)5-7-11/h4-7H,1-3,9,13H2. The average molecular weight is 238 g/mol. The lowest BCUT2D eigenvalue weighted by Gasteiger charge is -2.03. The van der Waals surface area contributed by atoms with Crippen molar-refractivity contribution in [1.29, 1.82) is 5.26 Å². The third kappa shape index (κ3) is 3.55. The zero-order chi connectivity index (χ0) is 12.0. The maximum absolute atomic E-state index is 11.8. The van der Waals surface area contributed by atoms with Crippen molar-refractivity contribution in [2.24, 2.45) is 0 Å². The number of hydrogen-bond donors (Lipinski definition) is 1. The molecule has 0 amide bonds. The Morgan fingerprint density at radius 2 is 1.81 bits per heavy atom. The molecule has 0 atom stereocenters. The third-order valence-electron chi connectivity index (χ3n) is 2.19. The van der Waals surface area contributed by atoms with Gasteiger partial charge in [-0.1, -0.05) is 0 Å². The van der Waals surface area contributed by atoms with Gasteiger partial charge in [-0.25, -0.2) is 8.42 Å². The van der Waals surface area contributed by atoms with Gasteiger partial charge in [0, 0.05) is 12.1 Å². The van der Waals surface area contributed by atoms with Gasteiger partial charge >= 0.3 is 0 Å². The van der Waals surface area contributed by atoms with Crippen LogP contribution in [0.15, 0.2) is 29.2 Å². The van der Waals surface area contributed by atoms with Crippen LogP contribution in [0.3, 0.4) is 0 Å². The molecule has 0 unspecified atom stereocenters. The van der Waals surface area contributed by atoms with Gasteiger partial charge in [-0.3, -0.25) is 0 Å². The van der Waals surface area contributed by atoms with E-state index in [1.165, 1.54) is 12.1 Å². The molecule has 0 saturated carbocycles. The first-order valence-corrected chi connectivity index (χ1v) is 6.67. The second-order valence-corrected chi connectivity index (χ2v) is 5.61. The number of rotatable bonds is 5. The van der Waals surface area contributed by atoms with Crippen LogP contribution in [0.1, 0.15) is 19.3 Å². The minimum Gasteiger partial charge on any atom is -0.399 e. The summed E-state index contributed by atoms with van der Waals surface area (Å²) in [7, 11) is -3.22. The van der Waals surface area contributed by atoms with E-state index < -0.39 is 9.84 Å². The van der Waals surface area contributed by atoms with Gasteiger partial charge in [0.25, 0.3) is 0 Å². The van der Waals surface area contributed by atoms with Crippen LogP contribution in [-0.4, -0.2) is 14.2 Å². The Balaban J connectivity index is 2.64. The van der Waals surface area contributed by atoms with Crippen molar-refractivity contribution in [3.05, 3.63) is 24.3 Å². The summed E-state index contributed by atoms with van der Waals surface area (Å²) in [5.41, 5.74) is 6.02. The molecule has 0 aliphatic heterocycles. The quantitative estimate of drug-likeness (QED) is 0.625.